The third-order valence-corrected chi connectivity index (χ3v) is 4.63. The van der Waals surface area contributed by atoms with Gasteiger partial charge < -0.3 is 10.5 Å². The van der Waals surface area contributed by atoms with Gasteiger partial charge in [-0.2, -0.15) is 0 Å². The minimum atomic E-state index is 0.177. The van der Waals surface area contributed by atoms with E-state index in [0.717, 1.165) is 31.1 Å². The van der Waals surface area contributed by atoms with Crippen LogP contribution in [0.2, 0.25) is 5.02 Å². The van der Waals surface area contributed by atoms with E-state index in [9.17, 15) is 0 Å². The van der Waals surface area contributed by atoms with Crippen LogP contribution in [-0.2, 0) is 10.2 Å². The average molecular weight is 282 g/mol. The van der Waals surface area contributed by atoms with Gasteiger partial charge in [-0.25, -0.2) is 0 Å². The molecule has 1 saturated carbocycles. The third-order valence-electron chi connectivity index (χ3n) is 4.38. The van der Waals surface area contributed by atoms with E-state index in [2.05, 4.69) is 12.1 Å². The fourth-order valence-corrected chi connectivity index (χ4v) is 3.16. The van der Waals surface area contributed by atoms with E-state index < -0.39 is 0 Å². The summed E-state index contributed by atoms with van der Waals surface area (Å²) in [5, 5.41) is 0.795. The number of hydrogen-bond donors (Lipinski definition) is 1. The van der Waals surface area contributed by atoms with Crippen LogP contribution in [0.15, 0.2) is 24.3 Å². The molecular weight excluding hydrogens is 258 g/mol. The van der Waals surface area contributed by atoms with Crippen molar-refractivity contribution in [3.63, 3.8) is 0 Å². The molecule has 1 fully saturated rings. The first-order chi connectivity index (χ1) is 9.19. The molecule has 0 spiro atoms. The van der Waals surface area contributed by atoms with Gasteiger partial charge in [-0.3, -0.25) is 0 Å². The van der Waals surface area contributed by atoms with Crippen molar-refractivity contribution in [3.05, 3.63) is 34.9 Å². The van der Waals surface area contributed by atoms with Gasteiger partial charge in [0.05, 0.1) is 0 Å². The lowest BCUT2D eigenvalue weighted by atomic mass is 9.59. The summed E-state index contributed by atoms with van der Waals surface area (Å²) in [5.41, 5.74) is 8.01. The Balaban J connectivity index is 1.99. The second-order valence-corrected chi connectivity index (χ2v) is 5.90. The van der Waals surface area contributed by atoms with Gasteiger partial charge in [0.15, 0.2) is 0 Å². The van der Waals surface area contributed by atoms with Gasteiger partial charge in [0.25, 0.3) is 0 Å². The Kier molecular flexibility index (Phi) is 5.26. The van der Waals surface area contributed by atoms with Crippen molar-refractivity contribution in [3.8, 4) is 0 Å². The van der Waals surface area contributed by atoms with Crippen LogP contribution in [0.25, 0.3) is 0 Å². The standard InChI is InChI=1S/C16H24ClNO/c1-2-19-12-3-5-15(18)16(10-4-11-16)13-6-8-14(17)9-7-13/h6-9,15H,2-5,10-12,18H2,1H3. The first kappa shape index (κ1) is 14.8. The van der Waals surface area contributed by atoms with Gasteiger partial charge in [-0.15, -0.1) is 0 Å². The van der Waals surface area contributed by atoms with E-state index in [-0.39, 0.29) is 11.5 Å². The second-order valence-electron chi connectivity index (χ2n) is 5.46. The quantitative estimate of drug-likeness (QED) is 0.769. The Bertz CT molecular complexity index is 386. The number of ether oxygens (including phenoxy) is 1. The summed E-state index contributed by atoms with van der Waals surface area (Å²) in [6.07, 6.45) is 5.75. The van der Waals surface area contributed by atoms with Crippen LogP contribution < -0.4 is 5.73 Å². The summed E-state index contributed by atoms with van der Waals surface area (Å²) in [6.45, 7) is 3.64. The van der Waals surface area contributed by atoms with E-state index in [0.29, 0.717) is 0 Å². The topological polar surface area (TPSA) is 35.2 Å². The van der Waals surface area contributed by atoms with Gasteiger partial charge in [0, 0.05) is 29.7 Å². The summed E-state index contributed by atoms with van der Waals surface area (Å²) < 4.78 is 5.40. The summed E-state index contributed by atoms with van der Waals surface area (Å²) >= 11 is 5.97. The normalized spacial score (nSPS) is 18.9. The Morgan fingerprint density at radius 1 is 1.32 bits per heavy atom. The van der Waals surface area contributed by atoms with Crippen LogP contribution >= 0.6 is 11.6 Å². The molecule has 1 aromatic rings. The van der Waals surface area contributed by atoms with Crippen molar-refractivity contribution < 1.29 is 4.74 Å². The van der Waals surface area contributed by atoms with E-state index in [1.165, 1.54) is 24.8 Å². The van der Waals surface area contributed by atoms with Crippen molar-refractivity contribution in [2.45, 2.75) is 50.5 Å². The highest BCUT2D eigenvalue weighted by molar-refractivity contribution is 6.30. The number of benzene rings is 1. The number of rotatable bonds is 7. The zero-order chi connectivity index (χ0) is 13.7. The maximum atomic E-state index is 6.48. The Hall–Kier alpha value is -0.570. The van der Waals surface area contributed by atoms with Crippen molar-refractivity contribution in [2.24, 2.45) is 5.73 Å². The Labute approximate surface area is 121 Å². The molecule has 1 atom stereocenters. The minimum Gasteiger partial charge on any atom is -0.382 e. The Morgan fingerprint density at radius 3 is 2.53 bits per heavy atom. The van der Waals surface area contributed by atoms with Crippen LogP contribution in [-0.4, -0.2) is 19.3 Å². The molecule has 1 unspecified atom stereocenters. The molecule has 0 heterocycles. The molecule has 0 amide bonds. The Morgan fingerprint density at radius 2 is 2.00 bits per heavy atom. The van der Waals surface area contributed by atoms with Crippen LogP contribution in [0.3, 0.4) is 0 Å². The van der Waals surface area contributed by atoms with Crippen LogP contribution in [0.5, 0.6) is 0 Å². The van der Waals surface area contributed by atoms with Crippen LogP contribution in [0.1, 0.15) is 44.6 Å². The number of nitrogens with two attached hydrogens (primary N) is 1. The summed E-state index contributed by atoms with van der Waals surface area (Å²) in [5.74, 6) is 0. The molecule has 0 aromatic heterocycles. The average Bonchev–Trinajstić information content (AvgIpc) is 2.36. The molecule has 19 heavy (non-hydrogen) atoms. The summed E-state index contributed by atoms with van der Waals surface area (Å²) in [6, 6.07) is 8.46. The van der Waals surface area contributed by atoms with E-state index in [1.807, 2.05) is 19.1 Å². The molecule has 2 nitrogen and oxygen atoms in total. The molecule has 0 radical (unpaired) electrons. The lowest BCUT2D eigenvalue weighted by Gasteiger charge is -2.47. The lowest BCUT2D eigenvalue weighted by molar-refractivity contribution is 0.129. The molecule has 1 aliphatic carbocycles. The van der Waals surface area contributed by atoms with Crippen LogP contribution in [0, 0.1) is 0 Å². The fraction of sp³-hybridized carbons (Fsp3) is 0.625. The molecule has 0 bridgehead atoms. The van der Waals surface area contributed by atoms with Crippen molar-refractivity contribution in [1.29, 1.82) is 0 Å². The van der Waals surface area contributed by atoms with Gasteiger partial charge in [-0.05, 0) is 50.3 Å². The highest BCUT2D eigenvalue weighted by Gasteiger charge is 2.43. The predicted octanol–water partition coefficient (Wildman–Crippen LogP) is 3.91. The van der Waals surface area contributed by atoms with Crippen molar-refractivity contribution in [1.82, 2.24) is 0 Å². The maximum absolute atomic E-state index is 6.48. The SMILES string of the molecule is CCOCCCC(N)C1(c2ccc(Cl)cc2)CCC1. The molecule has 0 aliphatic heterocycles. The van der Waals surface area contributed by atoms with Gasteiger partial charge >= 0.3 is 0 Å². The lowest BCUT2D eigenvalue weighted by Crippen LogP contribution is -2.50. The first-order valence-electron chi connectivity index (χ1n) is 7.28. The fourth-order valence-electron chi connectivity index (χ4n) is 3.04. The van der Waals surface area contributed by atoms with Gasteiger partial charge in [0.2, 0.25) is 0 Å². The number of halogens is 1. The molecule has 2 rings (SSSR count). The second kappa shape index (κ2) is 6.74. The summed E-state index contributed by atoms with van der Waals surface area (Å²) in [7, 11) is 0. The molecular formula is C16H24ClNO. The van der Waals surface area contributed by atoms with E-state index >= 15 is 0 Å². The zero-order valence-electron chi connectivity index (χ0n) is 11.7. The molecule has 2 N–H and O–H groups in total. The minimum absolute atomic E-state index is 0.177. The molecule has 3 heteroatoms. The van der Waals surface area contributed by atoms with Crippen LogP contribution in [0.4, 0.5) is 0 Å². The van der Waals surface area contributed by atoms with E-state index in [1.54, 1.807) is 0 Å². The molecule has 1 aliphatic rings. The largest absolute Gasteiger partial charge is 0.382 e. The maximum Gasteiger partial charge on any atom is 0.0466 e. The molecule has 1 aromatic carbocycles. The zero-order valence-corrected chi connectivity index (χ0v) is 12.5. The third kappa shape index (κ3) is 3.31. The predicted molar refractivity (Wildman–Crippen MR) is 80.7 cm³/mol. The highest BCUT2D eigenvalue weighted by Crippen LogP contribution is 2.47. The van der Waals surface area contributed by atoms with Gasteiger partial charge in [0.1, 0.15) is 0 Å². The van der Waals surface area contributed by atoms with E-state index in [4.69, 9.17) is 22.1 Å². The smallest absolute Gasteiger partial charge is 0.0466 e. The monoisotopic (exact) mass is 281 g/mol. The summed E-state index contributed by atoms with van der Waals surface area (Å²) in [4.78, 5) is 0. The first-order valence-corrected chi connectivity index (χ1v) is 7.66. The molecule has 0 saturated heterocycles. The molecule has 106 valence electrons. The number of hydrogen-bond acceptors (Lipinski definition) is 2. The van der Waals surface area contributed by atoms with Gasteiger partial charge in [-0.1, -0.05) is 30.2 Å². The van der Waals surface area contributed by atoms with Crippen molar-refractivity contribution in [2.75, 3.05) is 13.2 Å². The van der Waals surface area contributed by atoms with Crippen molar-refractivity contribution >= 4 is 11.6 Å². The highest BCUT2D eigenvalue weighted by atomic mass is 35.5.